The number of rotatable bonds is 8. The average Bonchev–Trinajstić information content (AvgIpc) is 3.49. The Hall–Kier alpha value is -2.93. The van der Waals surface area contributed by atoms with E-state index in [9.17, 15) is 4.79 Å². The Labute approximate surface area is 163 Å². The van der Waals surface area contributed by atoms with E-state index in [1.807, 2.05) is 37.5 Å². The van der Waals surface area contributed by atoms with Crippen molar-refractivity contribution in [2.45, 2.75) is 31.2 Å². The average molecular weight is 379 g/mol. The quantitative estimate of drug-likeness (QED) is 0.560. The summed E-state index contributed by atoms with van der Waals surface area (Å²) in [5.74, 6) is 1.89. The standard InChI is InChI=1S/C21H25N5O2/c1-22-19-10-18(25-21(26-19)13-7-8-13)17(24-20(27)12-28-2)9-14-11-23-16-6-4-3-5-15(14)16/h3-6,10-11,13,17,23H,7-9,12H2,1-2H3,(H,24,27)(H,22,25,26). The van der Waals surface area contributed by atoms with E-state index in [0.717, 1.165) is 46.6 Å². The Morgan fingerprint density at radius 1 is 1.32 bits per heavy atom. The van der Waals surface area contributed by atoms with Crippen LogP contribution in [0.4, 0.5) is 5.82 Å². The first kappa shape index (κ1) is 18.4. The van der Waals surface area contributed by atoms with Gasteiger partial charge in [0.05, 0.1) is 11.7 Å². The summed E-state index contributed by atoms with van der Waals surface area (Å²) in [6.07, 6.45) is 4.87. The number of aromatic nitrogens is 3. The molecule has 4 rings (SSSR count). The van der Waals surface area contributed by atoms with Crippen molar-refractivity contribution >= 4 is 22.6 Å². The molecule has 0 aliphatic heterocycles. The molecule has 0 spiro atoms. The lowest BCUT2D eigenvalue weighted by Crippen LogP contribution is -2.33. The van der Waals surface area contributed by atoms with Gasteiger partial charge >= 0.3 is 0 Å². The number of carbonyl (C=O) groups is 1. The Kier molecular flexibility index (Phi) is 5.25. The monoisotopic (exact) mass is 379 g/mol. The van der Waals surface area contributed by atoms with Gasteiger partial charge in [0.1, 0.15) is 18.2 Å². The number of nitrogens with one attached hydrogen (secondary N) is 3. The molecular weight excluding hydrogens is 354 g/mol. The molecule has 0 bridgehead atoms. The van der Waals surface area contributed by atoms with Crippen molar-refractivity contribution in [2.24, 2.45) is 0 Å². The van der Waals surface area contributed by atoms with Gasteiger partial charge in [0, 0.05) is 49.7 Å². The molecule has 1 amide bonds. The number of nitrogens with zero attached hydrogens (tertiary/aromatic N) is 2. The number of carbonyl (C=O) groups excluding carboxylic acids is 1. The van der Waals surface area contributed by atoms with Gasteiger partial charge in [0.15, 0.2) is 0 Å². The Morgan fingerprint density at radius 2 is 2.14 bits per heavy atom. The molecule has 7 nitrogen and oxygen atoms in total. The van der Waals surface area contributed by atoms with Crippen LogP contribution in [-0.2, 0) is 16.0 Å². The summed E-state index contributed by atoms with van der Waals surface area (Å²) in [7, 11) is 3.37. The third kappa shape index (κ3) is 3.99. The summed E-state index contributed by atoms with van der Waals surface area (Å²) >= 11 is 0. The Morgan fingerprint density at radius 3 is 2.89 bits per heavy atom. The molecule has 0 radical (unpaired) electrons. The lowest BCUT2D eigenvalue weighted by molar-refractivity contribution is -0.125. The summed E-state index contributed by atoms with van der Waals surface area (Å²) in [6.45, 7) is 0.0177. The summed E-state index contributed by atoms with van der Waals surface area (Å²) < 4.78 is 5.00. The zero-order valence-electron chi connectivity index (χ0n) is 16.2. The van der Waals surface area contributed by atoms with Crippen LogP contribution < -0.4 is 10.6 Å². The van der Waals surface area contributed by atoms with Crippen molar-refractivity contribution < 1.29 is 9.53 Å². The number of fused-ring (bicyclic) bond motifs is 1. The predicted molar refractivity (Wildman–Crippen MR) is 108 cm³/mol. The highest BCUT2D eigenvalue weighted by atomic mass is 16.5. The van der Waals surface area contributed by atoms with Gasteiger partial charge in [0.2, 0.25) is 5.91 Å². The molecule has 1 saturated carbocycles. The maximum atomic E-state index is 12.3. The molecule has 2 aromatic heterocycles. The molecule has 1 aromatic carbocycles. The van der Waals surface area contributed by atoms with Crippen molar-refractivity contribution in [1.82, 2.24) is 20.3 Å². The number of anilines is 1. The van der Waals surface area contributed by atoms with Crippen LogP contribution in [0.3, 0.4) is 0 Å². The van der Waals surface area contributed by atoms with Crippen molar-refractivity contribution in [3.05, 3.63) is 53.6 Å². The van der Waals surface area contributed by atoms with Gasteiger partial charge in [-0.1, -0.05) is 18.2 Å². The van der Waals surface area contributed by atoms with Crippen LogP contribution in [0.5, 0.6) is 0 Å². The SMILES string of the molecule is CNc1cc(C(Cc2c[nH]c3ccccc23)NC(=O)COC)nc(C2CC2)n1. The summed E-state index contributed by atoms with van der Waals surface area (Å²) in [6, 6.07) is 9.81. The molecule has 1 unspecified atom stereocenters. The second-order valence-corrected chi connectivity index (χ2v) is 7.18. The minimum Gasteiger partial charge on any atom is -0.375 e. The fraction of sp³-hybridized carbons (Fsp3) is 0.381. The molecule has 146 valence electrons. The number of aromatic amines is 1. The van der Waals surface area contributed by atoms with E-state index in [4.69, 9.17) is 9.72 Å². The summed E-state index contributed by atoms with van der Waals surface area (Å²) in [4.78, 5) is 25.0. The molecule has 0 saturated heterocycles. The highest BCUT2D eigenvalue weighted by Crippen LogP contribution is 2.39. The van der Waals surface area contributed by atoms with Crippen LogP contribution in [0.25, 0.3) is 10.9 Å². The third-order valence-corrected chi connectivity index (χ3v) is 5.03. The van der Waals surface area contributed by atoms with E-state index in [2.05, 4.69) is 26.7 Å². The predicted octanol–water partition coefficient (Wildman–Crippen LogP) is 2.92. The normalized spacial score (nSPS) is 14.8. The second kappa shape index (κ2) is 7.98. The van der Waals surface area contributed by atoms with Gasteiger partial charge in [-0.15, -0.1) is 0 Å². The van der Waals surface area contributed by atoms with Gasteiger partial charge < -0.3 is 20.4 Å². The molecule has 1 atom stereocenters. The van der Waals surface area contributed by atoms with Crippen molar-refractivity contribution in [3.63, 3.8) is 0 Å². The van der Waals surface area contributed by atoms with E-state index in [-0.39, 0.29) is 18.6 Å². The van der Waals surface area contributed by atoms with Gasteiger partial charge in [-0.05, 0) is 24.5 Å². The number of methoxy groups -OCH3 is 1. The maximum Gasteiger partial charge on any atom is 0.246 e. The highest BCUT2D eigenvalue weighted by molar-refractivity contribution is 5.83. The zero-order chi connectivity index (χ0) is 19.5. The first-order valence-electron chi connectivity index (χ1n) is 9.58. The lowest BCUT2D eigenvalue weighted by atomic mass is 10.0. The molecule has 28 heavy (non-hydrogen) atoms. The lowest BCUT2D eigenvalue weighted by Gasteiger charge is -2.19. The van der Waals surface area contributed by atoms with E-state index >= 15 is 0 Å². The topological polar surface area (TPSA) is 91.9 Å². The van der Waals surface area contributed by atoms with Gasteiger partial charge in [-0.25, -0.2) is 9.97 Å². The van der Waals surface area contributed by atoms with E-state index in [1.165, 1.54) is 7.11 Å². The zero-order valence-corrected chi connectivity index (χ0v) is 16.2. The molecule has 3 N–H and O–H groups in total. The largest absolute Gasteiger partial charge is 0.375 e. The van der Waals surface area contributed by atoms with Crippen molar-refractivity contribution in [3.8, 4) is 0 Å². The highest BCUT2D eigenvalue weighted by Gasteiger charge is 2.29. The van der Waals surface area contributed by atoms with Crippen LogP contribution in [0, 0.1) is 0 Å². The molecule has 1 aliphatic carbocycles. The maximum absolute atomic E-state index is 12.3. The van der Waals surface area contributed by atoms with Gasteiger partial charge in [0.25, 0.3) is 0 Å². The van der Waals surface area contributed by atoms with Crippen LogP contribution in [0.2, 0.25) is 0 Å². The van der Waals surface area contributed by atoms with Crippen LogP contribution >= 0.6 is 0 Å². The number of benzene rings is 1. The minimum atomic E-state index is -0.269. The number of para-hydroxylation sites is 1. The van der Waals surface area contributed by atoms with E-state index < -0.39 is 0 Å². The fourth-order valence-electron chi connectivity index (χ4n) is 3.43. The summed E-state index contributed by atoms with van der Waals surface area (Å²) in [5.41, 5.74) is 3.03. The van der Waals surface area contributed by atoms with Crippen molar-refractivity contribution in [2.75, 3.05) is 26.1 Å². The van der Waals surface area contributed by atoms with Crippen LogP contribution in [0.1, 0.15) is 41.9 Å². The number of ether oxygens (including phenoxy) is 1. The Bertz CT molecular complexity index is 980. The van der Waals surface area contributed by atoms with Crippen LogP contribution in [0.15, 0.2) is 36.5 Å². The first-order chi connectivity index (χ1) is 13.7. The first-order valence-corrected chi connectivity index (χ1v) is 9.58. The minimum absolute atomic E-state index is 0.0177. The number of amides is 1. The van der Waals surface area contributed by atoms with E-state index in [1.54, 1.807) is 0 Å². The van der Waals surface area contributed by atoms with E-state index in [0.29, 0.717) is 12.3 Å². The third-order valence-electron chi connectivity index (χ3n) is 5.03. The Balaban J connectivity index is 1.69. The molecule has 3 aromatic rings. The fourth-order valence-corrected chi connectivity index (χ4v) is 3.43. The summed E-state index contributed by atoms with van der Waals surface area (Å²) in [5, 5.41) is 7.35. The number of hydrogen-bond donors (Lipinski definition) is 3. The number of hydrogen-bond acceptors (Lipinski definition) is 5. The molecule has 1 fully saturated rings. The smallest absolute Gasteiger partial charge is 0.246 e. The van der Waals surface area contributed by atoms with Gasteiger partial charge in [-0.2, -0.15) is 0 Å². The van der Waals surface area contributed by atoms with Crippen LogP contribution in [-0.4, -0.2) is 41.6 Å². The van der Waals surface area contributed by atoms with Gasteiger partial charge in [-0.3, -0.25) is 4.79 Å². The molecule has 7 heteroatoms. The molecule has 2 heterocycles. The second-order valence-electron chi connectivity index (χ2n) is 7.18. The van der Waals surface area contributed by atoms with Crippen molar-refractivity contribution in [1.29, 1.82) is 0 Å². The number of H-pyrrole nitrogens is 1. The molecular formula is C21H25N5O2. The molecule has 1 aliphatic rings.